The first kappa shape index (κ1) is 15.5. The maximum Gasteiger partial charge on any atom is 0.314 e. The first-order valence-electron chi connectivity index (χ1n) is 7.32. The SMILES string of the molecule is CNC(=O)C(=O)Nc1cc(-c2ccco2)nn1-c1ccc(C)cc1. The normalized spacial score (nSPS) is 10.4. The zero-order valence-corrected chi connectivity index (χ0v) is 13.2. The summed E-state index contributed by atoms with van der Waals surface area (Å²) in [5.74, 6) is -0.557. The number of hydrogen-bond acceptors (Lipinski definition) is 4. The van der Waals surface area contributed by atoms with Gasteiger partial charge in [0.05, 0.1) is 12.0 Å². The summed E-state index contributed by atoms with van der Waals surface area (Å²) in [6.45, 7) is 1.98. The molecule has 3 rings (SSSR count). The lowest BCUT2D eigenvalue weighted by molar-refractivity contribution is -0.135. The maximum atomic E-state index is 11.9. The third-order valence-electron chi connectivity index (χ3n) is 3.44. The third kappa shape index (κ3) is 3.05. The highest BCUT2D eigenvalue weighted by molar-refractivity contribution is 6.39. The number of benzene rings is 1. The van der Waals surface area contributed by atoms with Crippen LogP contribution in [0.15, 0.2) is 53.1 Å². The molecule has 0 saturated carbocycles. The molecule has 7 nitrogen and oxygen atoms in total. The fourth-order valence-corrected chi connectivity index (χ4v) is 2.18. The van der Waals surface area contributed by atoms with Crippen molar-refractivity contribution in [1.29, 1.82) is 0 Å². The second kappa shape index (κ2) is 6.41. The van der Waals surface area contributed by atoms with E-state index < -0.39 is 11.8 Å². The van der Waals surface area contributed by atoms with Crippen LogP contribution in [0.25, 0.3) is 17.1 Å². The first-order valence-corrected chi connectivity index (χ1v) is 7.32. The van der Waals surface area contributed by atoms with Gasteiger partial charge in [-0.25, -0.2) is 4.68 Å². The lowest BCUT2D eigenvalue weighted by Crippen LogP contribution is -2.33. The Morgan fingerprint density at radius 2 is 1.88 bits per heavy atom. The van der Waals surface area contributed by atoms with Crippen LogP contribution in [0.5, 0.6) is 0 Å². The van der Waals surface area contributed by atoms with Gasteiger partial charge in [-0.2, -0.15) is 5.10 Å². The standard InChI is InChI=1S/C17H16N4O3/c1-11-5-7-12(8-6-11)21-15(19-17(23)16(22)18-2)10-13(20-21)14-4-3-9-24-14/h3-10H,1-2H3,(H,18,22)(H,19,23). The van der Waals surface area contributed by atoms with Crippen LogP contribution in [0.2, 0.25) is 0 Å². The molecule has 0 spiro atoms. The van der Waals surface area contributed by atoms with Crippen molar-refractivity contribution in [3.05, 3.63) is 54.3 Å². The van der Waals surface area contributed by atoms with Crippen LogP contribution in [-0.4, -0.2) is 28.6 Å². The second-order valence-corrected chi connectivity index (χ2v) is 5.17. The molecular formula is C17H16N4O3. The van der Waals surface area contributed by atoms with E-state index in [1.807, 2.05) is 31.2 Å². The van der Waals surface area contributed by atoms with Crippen LogP contribution >= 0.6 is 0 Å². The molecule has 2 heterocycles. The van der Waals surface area contributed by atoms with Crippen LogP contribution < -0.4 is 10.6 Å². The van der Waals surface area contributed by atoms with Gasteiger partial charge in [0.2, 0.25) is 0 Å². The molecular weight excluding hydrogens is 308 g/mol. The smallest absolute Gasteiger partial charge is 0.314 e. The summed E-state index contributed by atoms with van der Waals surface area (Å²) in [6.07, 6.45) is 1.54. The number of carbonyl (C=O) groups excluding carboxylic acids is 2. The number of nitrogens with one attached hydrogen (secondary N) is 2. The Balaban J connectivity index is 2.03. The van der Waals surface area contributed by atoms with Crippen LogP contribution in [0.1, 0.15) is 5.56 Å². The van der Waals surface area contributed by atoms with E-state index in [0.717, 1.165) is 11.3 Å². The number of aryl methyl sites for hydroxylation is 1. The number of furan rings is 1. The number of rotatable bonds is 3. The highest BCUT2D eigenvalue weighted by atomic mass is 16.3. The largest absolute Gasteiger partial charge is 0.463 e. The van der Waals surface area contributed by atoms with E-state index in [0.29, 0.717) is 17.3 Å². The summed E-state index contributed by atoms with van der Waals surface area (Å²) in [6, 6.07) is 12.8. The fraction of sp³-hybridized carbons (Fsp3) is 0.118. The van der Waals surface area contributed by atoms with Crippen molar-refractivity contribution in [3.8, 4) is 17.1 Å². The van der Waals surface area contributed by atoms with E-state index in [1.54, 1.807) is 29.1 Å². The molecule has 2 N–H and O–H groups in total. The molecule has 1 aromatic carbocycles. The van der Waals surface area contributed by atoms with Gasteiger partial charge >= 0.3 is 11.8 Å². The third-order valence-corrected chi connectivity index (χ3v) is 3.44. The Labute approximate surface area is 138 Å². The topological polar surface area (TPSA) is 89.2 Å². The molecule has 0 unspecified atom stereocenters. The van der Waals surface area contributed by atoms with Gasteiger partial charge in [0, 0.05) is 13.1 Å². The minimum absolute atomic E-state index is 0.374. The van der Waals surface area contributed by atoms with E-state index in [-0.39, 0.29) is 0 Å². The molecule has 122 valence electrons. The monoisotopic (exact) mass is 324 g/mol. The van der Waals surface area contributed by atoms with Crippen LogP contribution in [0.3, 0.4) is 0 Å². The molecule has 24 heavy (non-hydrogen) atoms. The number of carbonyl (C=O) groups is 2. The van der Waals surface area contributed by atoms with Crippen molar-refractivity contribution in [1.82, 2.24) is 15.1 Å². The number of nitrogens with zero attached hydrogens (tertiary/aromatic N) is 2. The molecule has 3 aromatic rings. The van der Waals surface area contributed by atoms with E-state index in [2.05, 4.69) is 15.7 Å². The van der Waals surface area contributed by atoms with E-state index >= 15 is 0 Å². The van der Waals surface area contributed by atoms with Crippen molar-refractivity contribution in [2.45, 2.75) is 6.92 Å². The summed E-state index contributed by atoms with van der Waals surface area (Å²) >= 11 is 0. The number of aromatic nitrogens is 2. The Morgan fingerprint density at radius 1 is 1.12 bits per heavy atom. The quantitative estimate of drug-likeness (QED) is 0.722. The predicted molar refractivity (Wildman–Crippen MR) is 88.7 cm³/mol. The molecule has 0 aliphatic carbocycles. The highest BCUT2D eigenvalue weighted by Crippen LogP contribution is 2.25. The van der Waals surface area contributed by atoms with Crippen molar-refractivity contribution in [2.75, 3.05) is 12.4 Å². The van der Waals surface area contributed by atoms with E-state index in [4.69, 9.17) is 4.42 Å². The summed E-state index contributed by atoms with van der Waals surface area (Å²) in [5.41, 5.74) is 2.41. The highest BCUT2D eigenvalue weighted by Gasteiger charge is 2.18. The van der Waals surface area contributed by atoms with E-state index in [9.17, 15) is 9.59 Å². The molecule has 2 aromatic heterocycles. The fourth-order valence-electron chi connectivity index (χ4n) is 2.18. The molecule has 0 saturated heterocycles. The molecule has 0 aliphatic heterocycles. The van der Waals surface area contributed by atoms with Gasteiger partial charge in [-0.15, -0.1) is 0 Å². The molecule has 0 bridgehead atoms. The summed E-state index contributed by atoms with van der Waals surface area (Å²) < 4.78 is 6.90. The van der Waals surface area contributed by atoms with Crippen LogP contribution in [0, 0.1) is 6.92 Å². The lowest BCUT2D eigenvalue weighted by atomic mass is 10.2. The summed E-state index contributed by atoms with van der Waals surface area (Å²) in [5, 5.41) is 9.32. The lowest BCUT2D eigenvalue weighted by Gasteiger charge is -2.08. The van der Waals surface area contributed by atoms with Gasteiger partial charge in [0.15, 0.2) is 5.76 Å². The average molecular weight is 324 g/mol. The van der Waals surface area contributed by atoms with Crippen molar-refractivity contribution in [2.24, 2.45) is 0 Å². The Morgan fingerprint density at radius 3 is 2.50 bits per heavy atom. The average Bonchev–Trinajstić information content (AvgIpc) is 3.24. The Hall–Kier alpha value is -3.35. The number of amides is 2. The molecule has 0 aliphatic rings. The number of hydrogen-bond donors (Lipinski definition) is 2. The molecule has 0 radical (unpaired) electrons. The van der Waals surface area contributed by atoms with Gasteiger partial charge in [-0.05, 0) is 31.2 Å². The van der Waals surface area contributed by atoms with Gasteiger partial charge in [-0.3, -0.25) is 9.59 Å². The van der Waals surface area contributed by atoms with Crippen molar-refractivity contribution in [3.63, 3.8) is 0 Å². The predicted octanol–water partition coefficient (Wildman–Crippen LogP) is 2.13. The number of anilines is 1. The minimum atomic E-state index is -0.767. The van der Waals surface area contributed by atoms with Gasteiger partial charge in [0.25, 0.3) is 0 Å². The Kier molecular flexibility index (Phi) is 4.15. The van der Waals surface area contributed by atoms with Gasteiger partial charge in [0.1, 0.15) is 11.5 Å². The molecule has 0 fully saturated rings. The number of likely N-dealkylation sites (N-methyl/N-ethyl adjacent to an activating group) is 1. The molecule has 2 amide bonds. The zero-order chi connectivity index (χ0) is 17.1. The second-order valence-electron chi connectivity index (χ2n) is 5.17. The molecule has 0 atom stereocenters. The van der Waals surface area contributed by atoms with Crippen LogP contribution in [0.4, 0.5) is 5.82 Å². The molecule has 7 heteroatoms. The summed E-state index contributed by atoms with van der Waals surface area (Å²) in [7, 11) is 1.40. The van der Waals surface area contributed by atoms with E-state index in [1.165, 1.54) is 7.05 Å². The maximum absolute atomic E-state index is 11.9. The van der Waals surface area contributed by atoms with Crippen LogP contribution in [-0.2, 0) is 9.59 Å². The van der Waals surface area contributed by atoms with Crippen molar-refractivity contribution < 1.29 is 14.0 Å². The van der Waals surface area contributed by atoms with Gasteiger partial charge < -0.3 is 15.1 Å². The first-order chi connectivity index (χ1) is 11.6. The minimum Gasteiger partial charge on any atom is -0.463 e. The summed E-state index contributed by atoms with van der Waals surface area (Å²) in [4.78, 5) is 23.4. The Bertz CT molecular complexity index is 864. The van der Waals surface area contributed by atoms with Gasteiger partial charge in [-0.1, -0.05) is 17.7 Å². The zero-order valence-electron chi connectivity index (χ0n) is 13.2. The van der Waals surface area contributed by atoms with Crippen molar-refractivity contribution >= 4 is 17.6 Å².